The molecule has 0 fully saturated rings. The Morgan fingerprint density at radius 1 is 1.09 bits per heavy atom. The first-order valence-corrected chi connectivity index (χ1v) is 11.7. The van der Waals surface area contributed by atoms with Crippen molar-refractivity contribution >= 4 is 23.4 Å². The Bertz CT molecular complexity index is 1330. The first kappa shape index (κ1) is 21.9. The molecular weight excluding hydrogens is 452 g/mol. The largest absolute Gasteiger partial charge is 0.497 e. The van der Waals surface area contributed by atoms with Crippen LogP contribution in [-0.2, 0) is 9.53 Å². The third kappa shape index (κ3) is 4.32. The normalized spacial score (nSPS) is 14.9. The lowest BCUT2D eigenvalue weighted by molar-refractivity contribution is -0.142. The van der Waals surface area contributed by atoms with Gasteiger partial charge in [-0.05, 0) is 42.8 Å². The monoisotopic (exact) mass is 474 g/mol. The standard InChI is InChI=1S/C24H22N6O3S/c1-3-33-21(31)14-20-22(16-9-11-17(32-2)12-10-16)29-30-23(27-28-24(30)34-20)19-13-18(25-26-19)15-7-5-4-6-8-15/h4-13,20H,3,14H2,1-2H3,(H,25,26). The second-order valence-electron chi connectivity index (χ2n) is 7.48. The van der Waals surface area contributed by atoms with Gasteiger partial charge in [0.1, 0.15) is 11.4 Å². The van der Waals surface area contributed by atoms with Crippen molar-refractivity contribution in [1.29, 1.82) is 0 Å². The number of nitrogens with one attached hydrogen (secondary N) is 1. The van der Waals surface area contributed by atoms with Gasteiger partial charge in [0, 0.05) is 5.56 Å². The third-order valence-electron chi connectivity index (χ3n) is 5.30. The first-order valence-electron chi connectivity index (χ1n) is 10.8. The molecule has 172 valence electrons. The number of carbonyl (C=O) groups excluding carboxylic acids is 1. The zero-order chi connectivity index (χ0) is 23.5. The van der Waals surface area contributed by atoms with E-state index in [0.29, 0.717) is 23.3 Å². The van der Waals surface area contributed by atoms with Gasteiger partial charge in [0.05, 0.1) is 36.8 Å². The zero-order valence-electron chi connectivity index (χ0n) is 18.6. The molecule has 0 saturated carbocycles. The molecule has 0 bridgehead atoms. The van der Waals surface area contributed by atoms with Crippen LogP contribution in [0.1, 0.15) is 18.9 Å². The number of aromatic nitrogens is 5. The number of carbonyl (C=O) groups is 1. The van der Waals surface area contributed by atoms with Crippen LogP contribution < -0.4 is 4.74 Å². The number of benzene rings is 2. The summed E-state index contributed by atoms with van der Waals surface area (Å²) in [7, 11) is 1.62. The molecule has 2 aromatic carbocycles. The van der Waals surface area contributed by atoms with Gasteiger partial charge >= 0.3 is 5.97 Å². The van der Waals surface area contributed by atoms with Crippen molar-refractivity contribution in [2.75, 3.05) is 13.7 Å². The van der Waals surface area contributed by atoms with Gasteiger partial charge in [-0.25, -0.2) is 0 Å². The predicted molar refractivity (Wildman–Crippen MR) is 129 cm³/mol. The van der Waals surface area contributed by atoms with E-state index < -0.39 is 0 Å². The van der Waals surface area contributed by atoms with E-state index in [0.717, 1.165) is 28.3 Å². The van der Waals surface area contributed by atoms with Crippen LogP contribution in [0.4, 0.5) is 0 Å². The number of methoxy groups -OCH3 is 1. The number of thioether (sulfide) groups is 1. The molecule has 34 heavy (non-hydrogen) atoms. The number of fused-ring (bicyclic) bond motifs is 1. The smallest absolute Gasteiger partial charge is 0.307 e. The minimum absolute atomic E-state index is 0.174. The van der Waals surface area contributed by atoms with E-state index in [1.54, 1.807) is 18.7 Å². The summed E-state index contributed by atoms with van der Waals surface area (Å²) >= 11 is 1.43. The molecule has 3 heterocycles. The Morgan fingerprint density at radius 3 is 2.62 bits per heavy atom. The van der Waals surface area contributed by atoms with Crippen LogP contribution in [0, 0.1) is 0 Å². The van der Waals surface area contributed by atoms with E-state index in [2.05, 4.69) is 20.4 Å². The zero-order valence-corrected chi connectivity index (χ0v) is 19.5. The molecule has 1 atom stereocenters. The molecular formula is C24H22N6O3S. The molecule has 0 amide bonds. The Labute approximate surface area is 200 Å². The number of ether oxygens (including phenoxy) is 2. The average molecular weight is 475 g/mol. The van der Waals surface area contributed by atoms with Crippen LogP contribution in [0.25, 0.3) is 22.8 Å². The van der Waals surface area contributed by atoms with E-state index >= 15 is 0 Å². The van der Waals surface area contributed by atoms with Gasteiger partial charge in [-0.2, -0.15) is 14.9 Å². The van der Waals surface area contributed by atoms with Crippen molar-refractivity contribution in [2.45, 2.75) is 23.8 Å². The Hall–Kier alpha value is -3.92. The highest BCUT2D eigenvalue weighted by molar-refractivity contribution is 8.00. The molecule has 9 nitrogen and oxygen atoms in total. The van der Waals surface area contributed by atoms with Gasteiger partial charge < -0.3 is 9.47 Å². The fraction of sp³-hybridized carbons (Fsp3) is 0.208. The molecule has 0 spiro atoms. The van der Waals surface area contributed by atoms with Crippen molar-refractivity contribution in [3.05, 3.63) is 66.2 Å². The van der Waals surface area contributed by atoms with Crippen LogP contribution in [0.3, 0.4) is 0 Å². The van der Waals surface area contributed by atoms with Crippen LogP contribution >= 0.6 is 11.8 Å². The maximum atomic E-state index is 12.3. The summed E-state index contributed by atoms with van der Waals surface area (Å²) in [5, 5.41) is 21.4. The van der Waals surface area contributed by atoms with Crippen LogP contribution in [0.15, 0.2) is 70.9 Å². The maximum Gasteiger partial charge on any atom is 0.307 e. The van der Waals surface area contributed by atoms with E-state index in [1.807, 2.05) is 60.7 Å². The van der Waals surface area contributed by atoms with Crippen molar-refractivity contribution in [1.82, 2.24) is 25.1 Å². The quantitative estimate of drug-likeness (QED) is 0.403. The molecule has 0 aliphatic carbocycles. The summed E-state index contributed by atoms with van der Waals surface area (Å²) in [5.41, 5.74) is 4.10. The van der Waals surface area contributed by atoms with E-state index in [-0.39, 0.29) is 17.6 Å². The van der Waals surface area contributed by atoms with Crippen LogP contribution in [0.5, 0.6) is 5.75 Å². The summed E-state index contributed by atoms with van der Waals surface area (Å²) in [6.07, 6.45) is 0.174. The van der Waals surface area contributed by atoms with Gasteiger partial charge in [0.25, 0.3) is 0 Å². The third-order valence-corrected chi connectivity index (χ3v) is 6.44. The average Bonchev–Trinajstić information content (AvgIpc) is 3.51. The van der Waals surface area contributed by atoms with Gasteiger partial charge in [-0.1, -0.05) is 42.1 Å². The van der Waals surface area contributed by atoms with Gasteiger partial charge in [-0.3, -0.25) is 9.89 Å². The molecule has 1 unspecified atom stereocenters. The molecule has 1 aliphatic rings. The SMILES string of the molecule is CCOC(=O)CC1Sc2nnc(-c3cc(-c4ccccc4)n[nH]3)n2N=C1c1ccc(OC)cc1. The molecule has 0 saturated heterocycles. The number of nitrogens with zero attached hydrogens (tertiary/aromatic N) is 5. The number of rotatable bonds is 7. The molecule has 10 heteroatoms. The molecule has 5 rings (SSSR count). The number of H-pyrrole nitrogens is 1. The fourth-order valence-electron chi connectivity index (χ4n) is 3.66. The number of aromatic amines is 1. The maximum absolute atomic E-state index is 12.3. The lowest BCUT2D eigenvalue weighted by Gasteiger charge is -2.22. The Kier molecular flexibility index (Phi) is 6.13. The fourth-order valence-corrected chi connectivity index (χ4v) is 4.74. The van der Waals surface area contributed by atoms with Gasteiger partial charge in [0.2, 0.25) is 11.0 Å². The Balaban J connectivity index is 1.53. The highest BCUT2D eigenvalue weighted by atomic mass is 32.2. The van der Waals surface area contributed by atoms with Crippen molar-refractivity contribution < 1.29 is 14.3 Å². The van der Waals surface area contributed by atoms with Gasteiger partial charge in [0.15, 0.2) is 0 Å². The van der Waals surface area contributed by atoms with Crippen molar-refractivity contribution in [3.8, 4) is 28.5 Å². The molecule has 0 radical (unpaired) electrons. The minimum Gasteiger partial charge on any atom is -0.497 e. The number of hydrogen-bond acceptors (Lipinski definition) is 8. The molecule has 2 aromatic heterocycles. The topological polar surface area (TPSA) is 107 Å². The number of hydrogen-bond donors (Lipinski definition) is 1. The summed E-state index contributed by atoms with van der Waals surface area (Å²) in [5.74, 6) is 1.000. The molecule has 1 N–H and O–H groups in total. The van der Waals surface area contributed by atoms with E-state index in [1.165, 1.54) is 11.8 Å². The summed E-state index contributed by atoms with van der Waals surface area (Å²) in [6, 6.07) is 19.4. The second kappa shape index (κ2) is 9.52. The number of esters is 1. The highest BCUT2D eigenvalue weighted by Gasteiger charge is 2.31. The summed E-state index contributed by atoms with van der Waals surface area (Å²) < 4.78 is 12.2. The lowest BCUT2D eigenvalue weighted by Crippen LogP contribution is -2.27. The Morgan fingerprint density at radius 2 is 1.88 bits per heavy atom. The first-order chi connectivity index (χ1) is 16.7. The molecule has 1 aliphatic heterocycles. The summed E-state index contributed by atoms with van der Waals surface area (Å²) in [4.78, 5) is 12.3. The molecule has 4 aromatic rings. The second-order valence-corrected chi connectivity index (χ2v) is 8.65. The van der Waals surface area contributed by atoms with E-state index in [9.17, 15) is 4.79 Å². The van der Waals surface area contributed by atoms with Gasteiger partial charge in [-0.15, -0.1) is 10.2 Å². The highest BCUT2D eigenvalue weighted by Crippen LogP contribution is 2.35. The van der Waals surface area contributed by atoms with Crippen molar-refractivity contribution in [2.24, 2.45) is 5.10 Å². The summed E-state index contributed by atoms with van der Waals surface area (Å²) in [6.45, 7) is 2.12. The van der Waals surface area contributed by atoms with Crippen LogP contribution in [0.2, 0.25) is 0 Å². The lowest BCUT2D eigenvalue weighted by atomic mass is 10.0. The van der Waals surface area contributed by atoms with Crippen molar-refractivity contribution in [3.63, 3.8) is 0 Å². The van der Waals surface area contributed by atoms with E-state index in [4.69, 9.17) is 14.6 Å². The predicted octanol–water partition coefficient (Wildman–Crippen LogP) is 4.02. The van der Waals surface area contributed by atoms with Crippen LogP contribution in [-0.4, -0.2) is 55.7 Å². The minimum atomic E-state index is -0.282.